The predicted octanol–water partition coefficient (Wildman–Crippen LogP) is 0.948. The van der Waals surface area contributed by atoms with E-state index in [9.17, 15) is 13.6 Å². The van der Waals surface area contributed by atoms with Crippen LogP contribution in [0, 0.1) is 0 Å². The minimum Gasteiger partial charge on any atom is -0.314 e. The molecule has 0 amide bonds. The van der Waals surface area contributed by atoms with Gasteiger partial charge in [-0.05, 0) is 13.8 Å². The van der Waals surface area contributed by atoms with E-state index in [2.05, 4.69) is 0 Å². The van der Waals surface area contributed by atoms with Crippen LogP contribution in [0.5, 0.6) is 0 Å². The van der Waals surface area contributed by atoms with Crippen molar-refractivity contribution in [2.75, 3.05) is 0 Å². The van der Waals surface area contributed by atoms with Gasteiger partial charge in [0.1, 0.15) is 5.54 Å². The van der Waals surface area contributed by atoms with E-state index < -0.39 is 17.2 Å². The van der Waals surface area contributed by atoms with Crippen molar-refractivity contribution in [3.63, 3.8) is 0 Å². The van der Waals surface area contributed by atoms with Gasteiger partial charge in [0.05, 0.1) is 0 Å². The summed E-state index contributed by atoms with van der Waals surface area (Å²) in [5.74, 6) is -3.86. The summed E-state index contributed by atoms with van der Waals surface area (Å²) in [5, 5.41) is 0. The van der Waals surface area contributed by atoms with Crippen molar-refractivity contribution >= 4 is 5.78 Å². The van der Waals surface area contributed by atoms with Crippen LogP contribution in [-0.2, 0) is 4.79 Å². The molecule has 2 nitrogen and oxygen atoms in total. The zero-order valence-electron chi connectivity index (χ0n) is 6.24. The molecule has 4 heteroatoms. The number of nitrogens with two attached hydrogens (primary N) is 1. The van der Waals surface area contributed by atoms with Crippen LogP contribution in [0.1, 0.15) is 20.8 Å². The van der Waals surface area contributed by atoms with Crippen LogP contribution >= 0.6 is 0 Å². The first kappa shape index (κ1) is 9.49. The normalized spacial score (nSPS) is 18.2. The molecular formula is C6H11F2NO. The van der Waals surface area contributed by atoms with Crippen LogP contribution in [0.4, 0.5) is 8.78 Å². The molecule has 0 aliphatic heterocycles. The highest BCUT2D eigenvalue weighted by Crippen LogP contribution is 2.25. The van der Waals surface area contributed by atoms with Gasteiger partial charge in [0.15, 0.2) is 5.78 Å². The minimum absolute atomic E-state index is 0.633. The fourth-order valence-electron chi connectivity index (χ4n) is 0.309. The van der Waals surface area contributed by atoms with Crippen molar-refractivity contribution in [3.8, 4) is 0 Å². The van der Waals surface area contributed by atoms with Gasteiger partial charge in [-0.3, -0.25) is 4.79 Å². The van der Waals surface area contributed by atoms with Gasteiger partial charge in [-0.25, -0.2) is 8.78 Å². The number of carbonyl (C=O) groups is 1. The molecule has 0 heterocycles. The van der Waals surface area contributed by atoms with Crippen molar-refractivity contribution in [2.24, 2.45) is 5.73 Å². The lowest BCUT2D eigenvalue weighted by Crippen LogP contribution is -2.56. The lowest BCUT2D eigenvalue weighted by molar-refractivity contribution is -0.135. The highest BCUT2D eigenvalue weighted by molar-refractivity contribution is 5.86. The van der Waals surface area contributed by atoms with Gasteiger partial charge in [-0.15, -0.1) is 0 Å². The Labute approximate surface area is 58.4 Å². The van der Waals surface area contributed by atoms with Crippen molar-refractivity contribution < 1.29 is 13.6 Å². The molecule has 0 saturated carbocycles. The molecule has 0 aromatic carbocycles. The second kappa shape index (κ2) is 2.27. The number of alkyl halides is 2. The quantitative estimate of drug-likeness (QED) is 0.638. The van der Waals surface area contributed by atoms with E-state index in [1.807, 2.05) is 0 Å². The number of ketones is 1. The zero-order valence-corrected chi connectivity index (χ0v) is 6.24. The Balaban J connectivity index is 4.57. The Morgan fingerprint density at radius 1 is 1.40 bits per heavy atom. The molecule has 0 spiro atoms. The van der Waals surface area contributed by atoms with Crippen molar-refractivity contribution in [1.29, 1.82) is 0 Å². The average molecular weight is 151 g/mol. The Morgan fingerprint density at radius 3 is 1.70 bits per heavy atom. The largest absolute Gasteiger partial charge is 0.314 e. The maximum absolute atomic E-state index is 12.4. The Morgan fingerprint density at radius 2 is 1.70 bits per heavy atom. The summed E-state index contributed by atoms with van der Waals surface area (Å²) in [6.07, 6.45) is 0. The summed E-state index contributed by atoms with van der Waals surface area (Å²) in [6.45, 7) is 2.71. The average Bonchev–Trinajstić information content (AvgIpc) is 1.62. The number of hydrogen-bond acceptors (Lipinski definition) is 2. The Kier molecular flexibility index (Phi) is 2.15. The van der Waals surface area contributed by atoms with Crippen LogP contribution in [0.25, 0.3) is 0 Å². The molecule has 0 aliphatic rings. The van der Waals surface area contributed by atoms with Crippen LogP contribution in [-0.4, -0.2) is 17.2 Å². The third kappa shape index (κ3) is 1.50. The second-order valence-corrected chi connectivity index (χ2v) is 2.65. The van der Waals surface area contributed by atoms with Gasteiger partial charge in [-0.2, -0.15) is 0 Å². The van der Waals surface area contributed by atoms with Crippen molar-refractivity contribution in [1.82, 2.24) is 0 Å². The van der Waals surface area contributed by atoms with Crippen LogP contribution in [0.15, 0.2) is 0 Å². The molecule has 0 saturated heterocycles. The summed E-state index contributed by atoms with van der Waals surface area (Å²) in [5.41, 5.74) is 3.00. The molecule has 10 heavy (non-hydrogen) atoms. The topological polar surface area (TPSA) is 43.1 Å². The summed E-state index contributed by atoms with van der Waals surface area (Å²) in [6, 6.07) is 0. The first-order chi connectivity index (χ1) is 4.19. The molecule has 0 radical (unpaired) electrons. The molecular weight excluding hydrogens is 140 g/mol. The Bertz CT molecular complexity index is 148. The lowest BCUT2D eigenvalue weighted by Gasteiger charge is -2.27. The highest BCUT2D eigenvalue weighted by Gasteiger charge is 2.46. The van der Waals surface area contributed by atoms with Gasteiger partial charge in [-0.1, -0.05) is 0 Å². The van der Waals surface area contributed by atoms with E-state index in [0.29, 0.717) is 6.92 Å². The molecule has 0 bridgehead atoms. The number of carbonyl (C=O) groups excluding carboxylic acids is 1. The van der Waals surface area contributed by atoms with E-state index in [-0.39, 0.29) is 0 Å². The molecule has 0 rings (SSSR count). The third-order valence-electron chi connectivity index (χ3n) is 1.64. The SMILES string of the molecule is CC(=O)[C@](C)(N)C(C)(F)F. The Hall–Kier alpha value is -0.510. The summed E-state index contributed by atoms with van der Waals surface area (Å²) in [7, 11) is 0. The number of Topliss-reactive ketones (excluding diaryl/α,β-unsaturated/α-hetero) is 1. The smallest absolute Gasteiger partial charge is 0.269 e. The summed E-state index contributed by atoms with van der Waals surface area (Å²) >= 11 is 0. The second-order valence-electron chi connectivity index (χ2n) is 2.65. The zero-order chi connectivity index (χ0) is 8.58. The standard InChI is InChI=1S/C6H11F2NO/c1-4(10)5(2,9)6(3,7)8/h9H2,1-3H3/t5-/m0/s1. The maximum atomic E-state index is 12.4. The van der Waals surface area contributed by atoms with E-state index >= 15 is 0 Å². The molecule has 0 fully saturated rings. The first-order valence-corrected chi connectivity index (χ1v) is 2.87. The fourth-order valence-corrected chi connectivity index (χ4v) is 0.309. The van der Waals surface area contributed by atoms with E-state index in [1.165, 1.54) is 0 Å². The molecule has 2 N–H and O–H groups in total. The molecule has 0 unspecified atom stereocenters. The number of rotatable bonds is 2. The summed E-state index contributed by atoms with van der Waals surface area (Å²) in [4.78, 5) is 10.5. The van der Waals surface area contributed by atoms with Crippen LogP contribution in [0.3, 0.4) is 0 Å². The molecule has 0 aliphatic carbocycles. The number of halogens is 2. The van der Waals surface area contributed by atoms with E-state index in [0.717, 1.165) is 13.8 Å². The number of hydrogen-bond donors (Lipinski definition) is 1. The lowest BCUT2D eigenvalue weighted by atomic mass is 9.92. The van der Waals surface area contributed by atoms with Gasteiger partial charge in [0.25, 0.3) is 5.92 Å². The monoisotopic (exact) mass is 151 g/mol. The molecule has 0 aromatic heterocycles. The fraction of sp³-hybridized carbons (Fsp3) is 0.833. The molecule has 1 atom stereocenters. The van der Waals surface area contributed by atoms with E-state index in [1.54, 1.807) is 0 Å². The van der Waals surface area contributed by atoms with Crippen molar-refractivity contribution in [3.05, 3.63) is 0 Å². The van der Waals surface area contributed by atoms with Gasteiger partial charge in [0.2, 0.25) is 0 Å². The highest BCUT2D eigenvalue weighted by atomic mass is 19.3. The van der Waals surface area contributed by atoms with E-state index in [4.69, 9.17) is 5.73 Å². The first-order valence-electron chi connectivity index (χ1n) is 2.87. The van der Waals surface area contributed by atoms with Crippen molar-refractivity contribution in [2.45, 2.75) is 32.2 Å². The third-order valence-corrected chi connectivity index (χ3v) is 1.64. The summed E-state index contributed by atoms with van der Waals surface area (Å²) < 4.78 is 24.8. The molecule has 0 aromatic rings. The van der Waals surface area contributed by atoms with Crippen LogP contribution < -0.4 is 5.73 Å². The maximum Gasteiger partial charge on any atom is 0.269 e. The van der Waals surface area contributed by atoms with Crippen LogP contribution in [0.2, 0.25) is 0 Å². The van der Waals surface area contributed by atoms with Gasteiger partial charge in [0, 0.05) is 6.92 Å². The molecule has 60 valence electrons. The van der Waals surface area contributed by atoms with Gasteiger partial charge >= 0.3 is 0 Å². The minimum atomic E-state index is -3.15. The predicted molar refractivity (Wildman–Crippen MR) is 33.9 cm³/mol. The van der Waals surface area contributed by atoms with Gasteiger partial charge < -0.3 is 5.73 Å².